The molecule has 0 spiro atoms. The Bertz CT molecular complexity index is 315. The molecular weight excluding hydrogens is 422 g/mol. The van der Waals surface area contributed by atoms with E-state index in [1.54, 1.807) is 0 Å². The molecule has 1 amide bonds. The van der Waals surface area contributed by atoms with Crippen molar-refractivity contribution in [2.75, 3.05) is 18.4 Å². The van der Waals surface area contributed by atoms with Gasteiger partial charge in [0, 0.05) is 24.8 Å². The molecule has 0 saturated heterocycles. The van der Waals surface area contributed by atoms with Gasteiger partial charge < -0.3 is 4.90 Å². The second-order valence-electron chi connectivity index (χ2n) is 8.83. The van der Waals surface area contributed by atoms with Crippen molar-refractivity contribution >= 4 is 21.8 Å². The van der Waals surface area contributed by atoms with Crippen LogP contribution in [-0.2, 0) is 4.79 Å². The van der Waals surface area contributed by atoms with Crippen molar-refractivity contribution in [2.45, 2.75) is 142 Å². The van der Waals surface area contributed by atoms with Crippen LogP contribution in [-0.4, -0.2) is 29.2 Å². The predicted octanol–water partition coefficient (Wildman–Crippen LogP) is 9.05. The minimum Gasteiger partial charge on any atom is -0.343 e. The largest absolute Gasteiger partial charge is 0.343 e. The maximum absolute atomic E-state index is 12.7. The number of unbranched alkanes of at least 4 members (excludes halogenated alkanes) is 16. The van der Waals surface area contributed by atoms with Gasteiger partial charge in [-0.25, -0.2) is 0 Å². The first-order valence-corrected chi connectivity index (χ1v) is 14.2. The highest BCUT2D eigenvalue weighted by atomic mass is 79.9. The van der Waals surface area contributed by atoms with Crippen LogP contribution in [0.1, 0.15) is 142 Å². The van der Waals surface area contributed by atoms with Gasteiger partial charge in [-0.3, -0.25) is 4.79 Å². The number of rotatable bonds is 23. The standard InChI is InChI=1S/C26H52BrNO/c1-3-5-7-9-11-13-15-20-24-28(26(29)22-18-17-19-23-27)25-21-16-14-12-10-8-6-4-2/h3-25H2,1-2H3. The lowest BCUT2D eigenvalue weighted by molar-refractivity contribution is -0.131. The molecule has 0 radical (unpaired) electrons. The zero-order valence-corrected chi connectivity index (χ0v) is 21.6. The van der Waals surface area contributed by atoms with Crippen molar-refractivity contribution in [3.05, 3.63) is 0 Å². The molecular formula is C26H52BrNO. The summed E-state index contributed by atoms with van der Waals surface area (Å²) in [6.45, 7) is 6.53. The fraction of sp³-hybridized carbons (Fsp3) is 0.962. The summed E-state index contributed by atoms with van der Waals surface area (Å²) < 4.78 is 0. The summed E-state index contributed by atoms with van der Waals surface area (Å²) in [6.07, 6.45) is 25.5. The first kappa shape index (κ1) is 28.9. The van der Waals surface area contributed by atoms with Crippen molar-refractivity contribution in [1.29, 1.82) is 0 Å². The van der Waals surface area contributed by atoms with Crippen LogP contribution >= 0.6 is 15.9 Å². The number of hydrogen-bond donors (Lipinski definition) is 0. The summed E-state index contributed by atoms with van der Waals surface area (Å²) in [4.78, 5) is 14.9. The summed E-state index contributed by atoms with van der Waals surface area (Å²) >= 11 is 3.49. The number of nitrogens with zero attached hydrogens (tertiary/aromatic N) is 1. The van der Waals surface area contributed by atoms with Gasteiger partial charge >= 0.3 is 0 Å². The zero-order valence-electron chi connectivity index (χ0n) is 20.0. The molecule has 0 unspecified atom stereocenters. The number of carbonyl (C=O) groups excluding carboxylic acids is 1. The third-order valence-corrected chi connectivity index (χ3v) is 6.50. The van der Waals surface area contributed by atoms with Crippen LogP contribution in [0.3, 0.4) is 0 Å². The molecule has 0 bridgehead atoms. The van der Waals surface area contributed by atoms with Gasteiger partial charge in [0.1, 0.15) is 0 Å². The van der Waals surface area contributed by atoms with Crippen LogP contribution in [0.5, 0.6) is 0 Å². The normalized spacial score (nSPS) is 11.1. The molecule has 0 aliphatic heterocycles. The first-order valence-electron chi connectivity index (χ1n) is 13.1. The van der Waals surface area contributed by atoms with Gasteiger partial charge in [0.25, 0.3) is 0 Å². The van der Waals surface area contributed by atoms with Crippen molar-refractivity contribution in [1.82, 2.24) is 4.90 Å². The van der Waals surface area contributed by atoms with E-state index in [9.17, 15) is 4.79 Å². The molecule has 0 heterocycles. The van der Waals surface area contributed by atoms with Crippen LogP contribution in [0.25, 0.3) is 0 Å². The maximum Gasteiger partial charge on any atom is 0.222 e. The third kappa shape index (κ3) is 21.0. The Morgan fingerprint density at radius 1 is 0.552 bits per heavy atom. The molecule has 0 fully saturated rings. The van der Waals surface area contributed by atoms with E-state index in [4.69, 9.17) is 0 Å². The number of halogens is 1. The second kappa shape index (κ2) is 24.2. The Morgan fingerprint density at radius 2 is 0.931 bits per heavy atom. The van der Waals surface area contributed by atoms with Crippen molar-refractivity contribution in [3.63, 3.8) is 0 Å². The Balaban J connectivity index is 3.98. The average molecular weight is 475 g/mol. The molecule has 174 valence electrons. The molecule has 3 heteroatoms. The molecule has 0 aromatic carbocycles. The van der Waals surface area contributed by atoms with E-state index in [1.165, 1.54) is 116 Å². The predicted molar refractivity (Wildman–Crippen MR) is 134 cm³/mol. The molecule has 29 heavy (non-hydrogen) atoms. The van der Waals surface area contributed by atoms with Gasteiger partial charge in [0.05, 0.1) is 0 Å². The Hall–Kier alpha value is -0.0500. The van der Waals surface area contributed by atoms with Crippen molar-refractivity contribution < 1.29 is 4.79 Å². The minimum atomic E-state index is 0.408. The Kier molecular flexibility index (Phi) is 24.2. The van der Waals surface area contributed by atoms with E-state index < -0.39 is 0 Å². The quantitative estimate of drug-likeness (QED) is 0.107. The van der Waals surface area contributed by atoms with E-state index in [2.05, 4.69) is 34.7 Å². The summed E-state index contributed by atoms with van der Waals surface area (Å²) in [5, 5.41) is 1.06. The summed E-state index contributed by atoms with van der Waals surface area (Å²) in [7, 11) is 0. The first-order chi connectivity index (χ1) is 14.3. The van der Waals surface area contributed by atoms with Gasteiger partial charge in [-0.15, -0.1) is 0 Å². The topological polar surface area (TPSA) is 20.3 Å². The second-order valence-corrected chi connectivity index (χ2v) is 9.62. The Labute approximate surface area is 192 Å². The van der Waals surface area contributed by atoms with Gasteiger partial charge in [0.2, 0.25) is 5.91 Å². The summed E-state index contributed by atoms with van der Waals surface area (Å²) in [6, 6.07) is 0. The minimum absolute atomic E-state index is 0.408. The zero-order chi connectivity index (χ0) is 21.4. The fourth-order valence-corrected chi connectivity index (χ4v) is 4.34. The summed E-state index contributed by atoms with van der Waals surface area (Å²) in [5.74, 6) is 0.408. The van der Waals surface area contributed by atoms with Gasteiger partial charge in [-0.1, -0.05) is 126 Å². The van der Waals surface area contributed by atoms with Crippen LogP contribution in [0, 0.1) is 0 Å². The molecule has 2 nitrogen and oxygen atoms in total. The lowest BCUT2D eigenvalue weighted by Gasteiger charge is -2.23. The van der Waals surface area contributed by atoms with Crippen LogP contribution in [0.2, 0.25) is 0 Å². The van der Waals surface area contributed by atoms with E-state index in [0.29, 0.717) is 5.91 Å². The molecule has 0 saturated carbocycles. The van der Waals surface area contributed by atoms with Crippen LogP contribution in [0.15, 0.2) is 0 Å². The smallest absolute Gasteiger partial charge is 0.222 e. The molecule has 0 rings (SSSR count). The lowest BCUT2D eigenvalue weighted by Crippen LogP contribution is -2.32. The third-order valence-electron chi connectivity index (χ3n) is 5.94. The highest BCUT2D eigenvalue weighted by Gasteiger charge is 2.12. The monoisotopic (exact) mass is 473 g/mol. The molecule has 0 aromatic rings. The molecule has 0 aromatic heterocycles. The van der Waals surface area contributed by atoms with E-state index >= 15 is 0 Å². The van der Waals surface area contributed by atoms with Gasteiger partial charge in [-0.05, 0) is 25.7 Å². The van der Waals surface area contributed by atoms with Crippen molar-refractivity contribution in [3.8, 4) is 0 Å². The van der Waals surface area contributed by atoms with Crippen LogP contribution < -0.4 is 0 Å². The number of carbonyl (C=O) groups is 1. The van der Waals surface area contributed by atoms with E-state index in [0.717, 1.165) is 31.3 Å². The highest BCUT2D eigenvalue weighted by molar-refractivity contribution is 9.09. The van der Waals surface area contributed by atoms with E-state index in [1.807, 2.05) is 0 Å². The average Bonchev–Trinajstić information content (AvgIpc) is 2.73. The fourth-order valence-electron chi connectivity index (χ4n) is 3.94. The van der Waals surface area contributed by atoms with Crippen LogP contribution in [0.4, 0.5) is 0 Å². The number of amides is 1. The van der Waals surface area contributed by atoms with Gasteiger partial charge in [-0.2, -0.15) is 0 Å². The summed E-state index contributed by atoms with van der Waals surface area (Å²) in [5.41, 5.74) is 0. The maximum atomic E-state index is 12.7. The number of alkyl halides is 1. The molecule has 0 atom stereocenters. The molecule has 0 aliphatic rings. The Morgan fingerprint density at radius 3 is 1.34 bits per heavy atom. The van der Waals surface area contributed by atoms with E-state index in [-0.39, 0.29) is 0 Å². The lowest BCUT2D eigenvalue weighted by atomic mass is 10.1. The molecule has 0 aliphatic carbocycles. The SMILES string of the molecule is CCCCCCCCCCN(CCCCCCCCCC)C(=O)CCCCCBr. The van der Waals surface area contributed by atoms with Gasteiger partial charge in [0.15, 0.2) is 0 Å². The highest BCUT2D eigenvalue weighted by Crippen LogP contribution is 2.13. The van der Waals surface area contributed by atoms with Crippen molar-refractivity contribution in [2.24, 2.45) is 0 Å². The molecule has 0 N–H and O–H groups in total. The number of hydrogen-bond acceptors (Lipinski definition) is 1.